The Balaban J connectivity index is 2.33. The first-order valence-electron chi connectivity index (χ1n) is 6.44. The van der Waals surface area contributed by atoms with E-state index in [1.165, 1.54) is 0 Å². The number of anilines is 1. The lowest BCUT2D eigenvalue weighted by Crippen LogP contribution is -2.06. The number of aromatic nitrogens is 3. The SMILES string of the molecule is CCNc1cc(-c2ccccn2)nc(COCC)n1. The molecule has 2 rings (SSSR count). The van der Waals surface area contributed by atoms with Crippen molar-refractivity contribution in [2.24, 2.45) is 0 Å². The molecule has 19 heavy (non-hydrogen) atoms. The van der Waals surface area contributed by atoms with Crippen LogP contribution in [-0.4, -0.2) is 28.1 Å². The van der Waals surface area contributed by atoms with Crippen LogP contribution in [0.4, 0.5) is 5.82 Å². The zero-order chi connectivity index (χ0) is 13.5. The fourth-order valence-electron chi connectivity index (χ4n) is 1.67. The molecule has 0 aliphatic heterocycles. The van der Waals surface area contributed by atoms with E-state index in [4.69, 9.17) is 4.74 Å². The van der Waals surface area contributed by atoms with Gasteiger partial charge in [0.2, 0.25) is 0 Å². The molecule has 0 bridgehead atoms. The molecular formula is C14H18N4O. The van der Waals surface area contributed by atoms with E-state index in [-0.39, 0.29) is 0 Å². The van der Waals surface area contributed by atoms with Crippen molar-refractivity contribution in [3.05, 3.63) is 36.3 Å². The van der Waals surface area contributed by atoms with Crippen molar-refractivity contribution >= 4 is 5.82 Å². The van der Waals surface area contributed by atoms with Crippen LogP contribution < -0.4 is 5.32 Å². The van der Waals surface area contributed by atoms with Crippen LogP contribution in [0.25, 0.3) is 11.4 Å². The molecule has 0 saturated heterocycles. The number of nitrogens with zero attached hydrogens (tertiary/aromatic N) is 3. The van der Waals surface area contributed by atoms with E-state index < -0.39 is 0 Å². The zero-order valence-corrected chi connectivity index (χ0v) is 11.3. The van der Waals surface area contributed by atoms with E-state index in [1.54, 1.807) is 6.20 Å². The van der Waals surface area contributed by atoms with Gasteiger partial charge in [-0.05, 0) is 26.0 Å². The zero-order valence-electron chi connectivity index (χ0n) is 11.3. The Hall–Kier alpha value is -2.01. The second-order valence-corrected chi connectivity index (χ2v) is 3.94. The molecule has 0 radical (unpaired) electrons. The number of ether oxygens (including phenoxy) is 1. The molecule has 0 amide bonds. The van der Waals surface area contributed by atoms with Crippen molar-refractivity contribution in [2.75, 3.05) is 18.5 Å². The van der Waals surface area contributed by atoms with Crippen molar-refractivity contribution < 1.29 is 4.74 Å². The predicted molar refractivity (Wildman–Crippen MR) is 74.8 cm³/mol. The largest absolute Gasteiger partial charge is 0.374 e. The summed E-state index contributed by atoms with van der Waals surface area (Å²) in [7, 11) is 0. The predicted octanol–water partition coefficient (Wildman–Crippen LogP) is 2.51. The minimum atomic E-state index is 0.412. The third-order valence-electron chi connectivity index (χ3n) is 2.49. The van der Waals surface area contributed by atoms with E-state index >= 15 is 0 Å². The number of nitrogens with one attached hydrogen (secondary N) is 1. The molecule has 0 spiro atoms. The standard InChI is InChI=1S/C14H18N4O/c1-3-15-13-9-12(11-7-5-6-8-16-11)17-14(18-13)10-19-4-2/h5-9H,3-4,10H2,1-2H3,(H,15,17,18). The van der Waals surface area contributed by atoms with Gasteiger partial charge in [-0.25, -0.2) is 9.97 Å². The molecule has 0 unspecified atom stereocenters. The fourth-order valence-corrected chi connectivity index (χ4v) is 1.67. The van der Waals surface area contributed by atoms with Crippen molar-refractivity contribution in [2.45, 2.75) is 20.5 Å². The molecule has 5 nitrogen and oxygen atoms in total. The van der Waals surface area contributed by atoms with Gasteiger partial charge in [0.25, 0.3) is 0 Å². The molecule has 2 heterocycles. The summed E-state index contributed by atoms with van der Waals surface area (Å²) in [6.45, 7) is 5.86. The fraction of sp³-hybridized carbons (Fsp3) is 0.357. The van der Waals surface area contributed by atoms with Gasteiger partial charge in [-0.3, -0.25) is 4.98 Å². The average Bonchev–Trinajstić information content (AvgIpc) is 2.46. The quantitative estimate of drug-likeness (QED) is 0.862. The van der Waals surface area contributed by atoms with Crippen molar-refractivity contribution in [1.82, 2.24) is 15.0 Å². The highest BCUT2D eigenvalue weighted by molar-refractivity contribution is 5.58. The third-order valence-corrected chi connectivity index (χ3v) is 2.49. The molecule has 2 aromatic rings. The molecule has 0 fully saturated rings. The molecule has 2 aromatic heterocycles. The lowest BCUT2D eigenvalue weighted by Gasteiger charge is -2.08. The van der Waals surface area contributed by atoms with Crippen molar-refractivity contribution in [3.63, 3.8) is 0 Å². The van der Waals surface area contributed by atoms with Gasteiger partial charge >= 0.3 is 0 Å². The second kappa shape index (κ2) is 6.80. The summed E-state index contributed by atoms with van der Waals surface area (Å²) in [5, 5.41) is 3.20. The highest BCUT2D eigenvalue weighted by atomic mass is 16.5. The van der Waals surface area contributed by atoms with Crippen LogP contribution in [0, 0.1) is 0 Å². The van der Waals surface area contributed by atoms with Gasteiger partial charge in [-0.1, -0.05) is 6.07 Å². The first kappa shape index (κ1) is 13.4. The van der Waals surface area contributed by atoms with Gasteiger partial charge < -0.3 is 10.1 Å². The van der Waals surface area contributed by atoms with E-state index in [9.17, 15) is 0 Å². The first-order valence-corrected chi connectivity index (χ1v) is 6.44. The molecule has 0 atom stereocenters. The number of hydrogen-bond donors (Lipinski definition) is 1. The number of hydrogen-bond acceptors (Lipinski definition) is 5. The molecule has 5 heteroatoms. The van der Waals surface area contributed by atoms with Gasteiger partial charge in [-0.15, -0.1) is 0 Å². The van der Waals surface area contributed by atoms with E-state index in [2.05, 4.69) is 20.3 Å². The summed E-state index contributed by atoms with van der Waals surface area (Å²) in [6, 6.07) is 7.67. The van der Waals surface area contributed by atoms with Crippen LogP contribution in [0.5, 0.6) is 0 Å². The smallest absolute Gasteiger partial charge is 0.157 e. The van der Waals surface area contributed by atoms with Crippen molar-refractivity contribution in [3.8, 4) is 11.4 Å². The summed E-state index contributed by atoms with van der Waals surface area (Å²) in [5.74, 6) is 1.47. The van der Waals surface area contributed by atoms with Crippen LogP contribution >= 0.6 is 0 Å². The topological polar surface area (TPSA) is 59.9 Å². The Kier molecular flexibility index (Phi) is 4.80. The Bertz CT molecular complexity index is 516. The molecule has 0 aliphatic rings. The molecule has 0 aliphatic carbocycles. The third kappa shape index (κ3) is 3.72. The van der Waals surface area contributed by atoms with Crippen LogP contribution in [0.1, 0.15) is 19.7 Å². The highest BCUT2D eigenvalue weighted by Gasteiger charge is 2.07. The van der Waals surface area contributed by atoms with Gasteiger partial charge in [0.15, 0.2) is 5.82 Å². The lowest BCUT2D eigenvalue weighted by molar-refractivity contribution is 0.128. The molecule has 0 saturated carbocycles. The Morgan fingerprint density at radius 1 is 1.16 bits per heavy atom. The summed E-state index contributed by atoms with van der Waals surface area (Å²) in [4.78, 5) is 13.2. The van der Waals surface area contributed by atoms with Crippen LogP contribution in [-0.2, 0) is 11.3 Å². The van der Waals surface area contributed by atoms with Crippen LogP contribution in [0.3, 0.4) is 0 Å². The van der Waals surface area contributed by atoms with Gasteiger partial charge in [0.1, 0.15) is 12.4 Å². The van der Waals surface area contributed by atoms with Crippen LogP contribution in [0.2, 0.25) is 0 Å². The van der Waals surface area contributed by atoms with Crippen LogP contribution in [0.15, 0.2) is 30.5 Å². The maximum Gasteiger partial charge on any atom is 0.157 e. The van der Waals surface area contributed by atoms with Gasteiger partial charge in [0, 0.05) is 25.4 Å². The number of rotatable bonds is 6. The molecule has 0 aromatic carbocycles. The Morgan fingerprint density at radius 2 is 2.05 bits per heavy atom. The molecule has 100 valence electrons. The Labute approximate surface area is 113 Å². The first-order chi connectivity index (χ1) is 9.33. The maximum atomic E-state index is 5.37. The van der Waals surface area contributed by atoms with E-state index in [0.717, 1.165) is 23.8 Å². The Morgan fingerprint density at radius 3 is 2.74 bits per heavy atom. The van der Waals surface area contributed by atoms with E-state index in [0.29, 0.717) is 19.0 Å². The monoisotopic (exact) mass is 258 g/mol. The average molecular weight is 258 g/mol. The van der Waals surface area contributed by atoms with Gasteiger partial charge in [0.05, 0.1) is 11.4 Å². The van der Waals surface area contributed by atoms with Gasteiger partial charge in [-0.2, -0.15) is 0 Å². The maximum absolute atomic E-state index is 5.37. The second-order valence-electron chi connectivity index (χ2n) is 3.94. The summed E-state index contributed by atoms with van der Waals surface area (Å²) >= 11 is 0. The molecule has 1 N–H and O–H groups in total. The minimum absolute atomic E-state index is 0.412. The normalized spacial score (nSPS) is 10.4. The lowest BCUT2D eigenvalue weighted by atomic mass is 10.2. The number of pyridine rings is 1. The minimum Gasteiger partial charge on any atom is -0.374 e. The van der Waals surface area contributed by atoms with Crippen molar-refractivity contribution in [1.29, 1.82) is 0 Å². The summed E-state index contributed by atoms with van der Waals surface area (Å²) in [5.41, 5.74) is 1.64. The highest BCUT2D eigenvalue weighted by Crippen LogP contribution is 2.17. The summed E-state index contributed by atoms with van der Waals surface area (Å²) < 4.78 is 5.37. The molecular weight excluding hydrogens is 240 g/mol. The summed E-state index contributed by atoms with van der Waals surface area (Å²) in [6.07, 6.45) is 1.76. The van der Waals surface area contributed by atoms with E-state index in [1.807, 2.05) is 38.1 Å².